The summed E-state index contributed by atoms with van der Waals surface area (Å²) in [5.74, 6) is 2.90. The first-order chi connectivity index (χ1) is 12.3. The minimum absolute atomic E-state index is 0.653. The molecule has 0 atom stereocenters. The zero-order valence-electron chi connectivity index (χ0n) is 14.3. The van der Waals surface area contributed by atoms with Crippen molar-refractivity contribution in [2.75, 3.05) is 23.3 Å². The van der Waals surface area contributed by atoms with Gasteiger partial charge in [0.15, 0.2) is 5.82 Å². The summed E-state index contributed by atoms with van der Waals surface area (Å²) in [6.45, 7) is 3.87. The van der Waals surface area contributed by atoms with Gasteiger partial charge in [-0.2, -0.15) is 4.98 Å². The third-order valence-corrected chi connectivity index (χ3v) is 4.31. The number of aryl methyl sites for hydroxylation is 1. The fourth-order valence-electron chi connectivity index (χ4n) is 3.05. The van der Waals surface area contributed by atoms with E-state index in [-0.39, 0.29) is 0 Å². The monoisotopic (exact) mass is 335 g/mol. The van der Waals surface area contributed by atoms with Crippen molar-refractivity contribution in [3.63, 3.8) is 0 Å². The summed E-state index contributed by atoms with van der Waals surface area (Å²) in [5, 5.41) is 7.23. The third-order valence-electron chi connectivity index (χ3n) is 4.31. The molecular weight excluding hydrogens is 314 g/mol. The fraction of sp³-hybridized carbons (Fsp3) is 0.316. The summed E-state index contributed by atoms with van der Waals surface area (Å²) in [7, 11) is 0. The van der Waals surface area contributed by atoms with Crippen molar-refractivity contribution >= 4 is 17.6 Å². The fourth-order valence-corrected chi connectivity index (χ4v) is 3.05. The first-order valence-electron chi connectivity index (χ1n) is 8.68. The van der Waals surface area contributed by atoms with Crippen LogP contribution in [0.15, 0.2) is 47.0 Å². The Labute approximate surface area is 146 Å². The third kappa shape index (κ3) is 3.63. The van der Waals surface area contributed by atoms with Crippen molar-refractivity contribution < 1.29 is 4.52 Å². The van der Waals surface area contributed by atoms with Crippen LogP contribution in [0.5, 0.6) is 0 Å². The number of hydrogen-bond donors (Lipinski definition) is 1. The summed E-state index contributed by atoms with van der Waals surface area (Å²) < 4.78 is 5.13. The molecule has 6 heteroatoms. The van der Waals surface area contributed by atoms with Gasteiger partial charge in [-0.25, -0.2) is 4.98 Å². The number of anilines is 3. The minimum atomic E-state index is 0.653. The Morgan fingerprint density at radius 3 is 2.48 bits per heavy atom. The molecule has 1 aromatic carbocycles. The lowest BCUT2D eigenvalue weighted by Crippen LogP contribution is -2.31. The molecule has 1 saturated heterocycles. The van der Waals surface area contributed by atoms with Crippen LogP contribution in [0.3, 0.4) is 0 Å². The number of rotatable bonds is 4. The van der Waals surface area contributed by atoms with Crippen LogP contribution in [0.4, 0.5) is 17.6 Å². The van der Waals surface area contributed by atoms with E-state index in [1.165, 1.54) is 19.3 Å². The Morgan fingerprint density at radius 1 is 0.960 bits per heavy atom. The largest absolute Gasteiger partial charge is 0.360 e. The van der Waals surface area contributed by atoms with Crippen molar-refractivity contribution in [3.8, 4) is 11.3 Å². The van der Waals surface area contributed by atoms with Crippen molar-refractivity contribution in [3.05, 3.63) is 48.2 Å². The Morgan fingerprint density at radius 2 is 1.76 bits per heavy atom. The molecule has 0 spiro atoms. The predicted octanol–water partition coefficient (Wildman–Crippen LogP) is 4.17. The van der Waals surface area contributed by atoms with Crippen molar-refractivity contribution in [2.45, 2.75) is 26.2 Å². The number of nitrogens with one attached hydrogen (secondary N) is 1. The summed E-state index contributed by atoms with van der Waals surface area (Å²) in [6, 6.07) is 14.0. The van der Waals surface area contributed by atoms with Crippen LogP contribution in [0.25, 0.3) is 11.3 Å². The van der Waals surface area contributed by atoms with Gasteiger partial charge in [0.2, 0.25) is 5.95 Å². The van der Waals surface area contributed by atoms with E-state index in [4.69, 9.17) is 14.5 Å². The van der Waals surface area contributed by atoms with E-state index >= 15 is 0 Å². The lowest BCUT2D eigenvalue weighted by atomic mass is 10.1. The maximum atomic E-state index is 5.13. The maximum Gasteiger partial charge on any atom is 0.227 e. The van der Waals surface area contributed by atoms with Gasteiger partial charge < -0.3 is 14.7 Å². The summed E-state index contributed by atoms with van der Waals surface area (Å²) in [4.78, 5) is 11.8. The molecule has 1 aliphatic rings. The zero-order valence-corrected chi connectivity index (χ0v) is 14.3. The molecule has 6 nitrogen and oxygen atoms in total. The van der Waals surface area contributed by atoms with E-state index in [1.807, 2.05) is 37.3 Å². The lowest BCUT2D eigenvalue weighted by Gasteiger charge is -2.27. The van der Waals surface area contributed by atoms with Gasteiger partial charge in [0.25, 0.3) is 0 Å². The second-order valence-electron chi connectivity index (χ2n) is 6.30. The highest BCUT2D eigenvalue weighted by atomic mass is 16.5. The first-order valence-corrected chi connectivity index (χ1v) is 8.68. The second kappa shape index (κ2) is 6.93. The van der Waals surface area contributed by atoms with Gasteiger partial charge in [-0.3, -0.25) is 0 Å². The van der Waals surface area contributed by atoms with Crippen molar-refractivity contribution in [1.82, 2.24) is 15.1 Å². The van der Waals surface area contributed by atoms with Gasteiger partial charge in [0, 0.05) is 30.8 Å². The predicted molar refractivity (Wildman–Crippen MR) is 98.1 cm³/mol. The van der Waals surface area contributed by atoms with Gasteiger partial charge in [0.05, 0.1) is 5.69 Å². The summed E-state index contributed by atoms with van der Waals surface area (Å²) in [6.07, 6.45) is 3.65. The van der Waals surface area contributed by atoms with Gasteiger partial charge in [-0.05, 0) is 26.2 Å². The first kappa shape index (κ1) is 15.6. The number of piperidine rings is 1. The molecule has 4 rings (SSSR count). The highest BCUT2D eigenvalue weighted by Crippen LogP contribution is 2.26. The molecule has 3 heterocycles. The number of benzene rings is 1. The normalized spacial score (nSPS) is 14.5. The highest BCUT2D eigenvalue weighted by molar-refractivity contribution is 5.66. The summed E-state index contributed by atoms with van der Waals surface area (Å²) >= 11 is 0. The smallest absolute Gasteiger partial charge is 0.227 e. The molecule has 25 heavy (non-hydrogen) atoms. The van der Waals surface area contributed by atoms with E-state index in [0.717, 1.165) is 41.9 Å². The van der Waals surface area contributed by atoms with Crippen LogP contribution in [0.2, 0.25) is 0 Å². The molecule has 0 saturated carbocycles. The highest BCUT2D eigenvalue weighted by Gasteiger charge is 2.16. The van der Waals surface area contributed by atoms with Gasteiger partial charge in [0.1, 0.15) is 11.6 Å². The molecule has 0 bridgehead atoms. The minimum Gasteiger partial charge on any atom is -0.360 e. The van der Waals surface area contributed by atoms with Crippen LogP contribution in [-0.4, -0.2) is 28.2 Å². The van der Waals surface area contributed by atoms with E-state index in [0.29, 0.717) is 5.82 Å². The zero-order chi connectivity index (χ0) is 17.1. The second-order valence-corrected chi connectivity index (χ2v) is 6.30. The Hall–Kier alpha value is -2.89. The molecule has 3 aromatic rings. The molecule has 1 fully saturated rings. The van der Waals surface area contributed by atoms with Crippen LogP contribution >= 0.6 is 0 Å². The average molecular weight is 335 g/mol. The van der Waals surface area contributed by atoms with E-state index < -0.39 is 0 Å². The Balaban J connectivity index is 1.71. The van der Waals surface area contributed by atoms with Gasteiger partial charge in [-0.1, -0.05) is 35.5 Å². The molecule has 1 N–H and O–H groups in total. The molecule has 2 aromatic heterocycles. The number of aromatic nitrogens is 3. The van der Waals surface area contributed by atoms with E-state index in [1.54, 1.807) is 0 Å². The molecule has 0 unspecified atom stereocenters. The summed E-state index contributed by atoms with van der Waals surface area (Å²) in [5.41, 5.74) is 1.97. The Bertz CT molecular complexity index is 840. The molecule has 0 amide bonds. The van der Waals surface area contributed by atoms with Crippen LogP contribution < -0.4 is 10.2 Å². The number of hydrogen-bond acceptors (Lipinski definition) is 6. The van der Waals surface area contributed by atoms with Crippen molar-refractivity contribution in [1.29, 1.82) is 0 Å². The van der Waals surface area contributed by atoms with Crippen LogP contribution in [0.1, 0.15) is 25.0 Å². The Kier molecular flexibility index (Phi) is 4.33. The molecule has 0 radical (unpaired) electrons. The van der Waals surface area contributed by atoms with Gasteiger partial charge in [-0.15, -0.1) is 0 Å². The maximum absolute atomic E-state index is 5.13. The standard InChI is InChI=1S/C19H21N5O/c1-14-12-18(23-25-14)21-17-13-16(15-8-4-2-5-9-15)20-19(22-17)24-10-6-3-7-11-24/h2,4-5,8-9,12-13H,3,6-7,10-11H2,1H3,(H,20,21,22,23). The topological polar surface area (TPSA) is 67.1 Å². The van der Waals surface area contributed by atoms with Gasteiger partial charge >= 0.3 is 0 Å². The molecular formula is C19H21N5O. The lowest BCUT2D eigenvalue weighted by molar-refractivity contribution is 0.400. The molecule has 128 valence electrons. The van der Waals surface area contributed by atoms with Crippen LogP contribution in [-0.2, 0) is 0 Å². The average Bonchev–Trinajstić information content (AvgIpc) is 3.07. The SMILES string of the molecule is Cc1cc(Nc2cc(-c3ccccc3)nc(N3CCCCC3)n2)no1. The van der Waals surface area contributed by atoms with Crippen LogP contribution in [0, 0.1) is 6.92 Å². The van der Waals surface area contributed by atoms with Crippen molar-refractivity contribution in [2.24, 2.45) is 0 Å². The molecule has 0 aliphatic carbocycles. The number of nitrogens with zero attached hydrogens (tertiary/aromatic N) is 4. The van der Waals surface area contributed by atoms with E-state index in [2.05, 4.69) is 27.5 Å². The molecule has 1 aliphatic heterocycles. The van der Waals surface area contributed by atoms with E-state index in [9.17, 15) is 0 Å². The quantitative estimate of drug-likeness (QED) is 0.772.